The Morgan fingerprint density at radius 1 is 1.12 bits per heavy atom. The van der Waals surface area contributed by atoms with Gasteiger partial charge in [-0.15, -0.1) is 0 Å². The Balaban J connectivity index is 1.73. The zero-order chi connectivity index (χ0) is 18.2. The Kier molecular flexibility index (Phi) is 6.98. The van der Waals surface area contributed by atoms with Crippen molar-refractivity contribution in [1.29, 1.82) is 0 Å². The van der Waals surface area contributed by atoms with E-state index in [2.05, 4.69) is 5.32 Å². The molecule has 0 aliphatic heterocycles. The monoisotopic (exact) mass is 347 g/mol. The molecule has 1 aromatic rings. The molecule has 1 aliphatic carbocycles. The Hall–Kier alpha value is -2.37. The minimum absolute atomic E-state index is 0.0382. The van der Waals surface area contributed by atoms with Crippen LogP contribution in [0.2, 0.25) is 0 Å². The summed E-state index contributed by atoms with van der Waals surface area (Å²) < 4.78 is 10.4. The van der Waals surface area contributed by atoms with Gasteiger partial charge in [-0.25, -0.2) is 4.79 Å². The minimum Gasteiger partial charge on any atom is -0.482 e. The fourth-order valence-corrected chi connectivity index (χ4v) is 2.78. The number of rotatable bonds is 7. The fourth-order valence-electron chi connectivity index (χ4n) is 2.78. The summed E-state index contributed by atoms with van der Waals surface area (Å²) in [6, 6.07) is 6.66. The molecule has 1 aromatic carbocycles. The summed E-state index contributed by atoms with van der Waals surface area (Å²) in [5, 5.41) is 2.93. The normalized spacial score (nSPS) is 15.9. The van der Waals surface area contributed by atoms with Crippen molar-refractivity contribution in [3.8, 4) is 5.75 Å². The highest BCUT2D eigenvalue weighted by atomic mass is 16.6. The molecule has 1 N–H and O–H groups in total. The van der Waals surface area contributed by atoms with Crippen LogP contribution in [-0.2, 0) is 14.3 Å². The molecule has 6 heteroatoms. The number of carbonyl (C=O) groups excluding carboxylic acids is 3. The van der Waals surface area contributed by atoms with Gasteiger partial charge >= 0.3 is 5.97 Å². The molecule has 1 amide bonds. The second-order valence-electron chi connectivity index (χ2n) is 6.34. The number of ketones is 1. The molecule has 0 radical (unpaired) electrons. The van der Waals surface area contributed by atoms with Gasteiger partial charge in [-0.3, -0.25) is 9.59 Å². The standard InChI is InChI=1S/C19H25NO5/c1-13(21)15-8-10-17(11-9-15)24-12-18(22)25-14(2)19(23)20-16-6-4-3-5-7-16/h8-11,14,16H,3-7,12H2,1-2H3,(H,20,23)/t14-/m1/s1. The largest absolute Gasteiger partial charge is 0.482 e. The van der Waals surface area contributed by atoms with Gasteiger partial charge < -0.3 is 14.8 Å². The summed E-state index contributed by atoms with van der Waals surface area (Å²) >= 11 is 0. The van der Waals surface area contributed by atoms with Crippen molar-refractivity contribution in [3.63, 3.8) is 0 Å². The molecule has 0 saturated heterocycles. The van der Waals surface area contributed by atoms with Crippen molar-refractivity contribution in [3.05, 3.63) is 29.8 Å². The predicted octanol–water partition coefficient (Wildman–Crippen LogP) is 2.65. The molecule has 136 valence electrons. The van der Waals surface area contributed by atoms with Crippen LogP contribution < -0.4 is 10.1 Å². The maximum atomic E-state index is 12.1. The van der Waals surface area contributed by atoms with Crippen molar-refractivity contribution >= 4 is 17.7 Å². The molecule has 0 spiro atoms. The van der Waals surface area contributed by atoms with Gasteiger partial charge in [-0.05, 0) is 51.0 Å². The van der Waals surface area contributed by atoms with E-state index in [9.17, 15) is 14.4 Å². The molecule has 2 rings (SSSR count). The van der Waals surface area contributed by atoms with Crippen LogP contribution in [0.5, 0.6) is 5.75 Å². The van der Waals surface area contributed by atoms with Crippen molar-refractivity contribution in [2.45, 2.75) is 58.1 Å². The maximum absolute atomic E-state index is 12.1. The van der Waals surface area contributed by atoms with Crippen LogP contribution in [0.3, 0.4) is 0 Å². The van der Waals surface area contributed by atoms with Gasteiger partial charge in [-0.2, -0.15) is 0 Å². The van der Waals surface area contributed by atoms with Crippen LogP contribution in [0.4, 0.5) is 0 Å². The Morgan fingerprint density at radius 3 is 2.36 bits per heavy atom. The second-order valence-corrected chi connectivity index (χ2v) is 6.34. The smallest absolute Gasteiger partial charge is 0.344 e. The number of carbonyl (C=O) groups is 3. The zero-order valence-electron chi connectivity index (χ0n) is 14.7. The summed E-state index contributed by atoms with van der Waals surface area (Å²) in [4.78, 5) is 35.1. The third kappa shape index (κ3) is 6.21. The predicted molar refractivity (Wildman–Crippen MR) is 92.5 cm³/mol. The molecule has 1 aliphatic rings. The Morgan fingerprint density at radius 2 is 1.76 bits per heavy atom. The second kappa shape index (κ2) is 9.20. The van der Waals surface area contributed by atoms with Crippen LogP contribution in [0.1, 0.15) is 56.3 Å². The molecular formula is C19H25NO5. The number of amides is 1. The van der Waals surface area contributed by atoms with Crippen LogP contribution in [0.25, 0.3) is 0 Å². The summed E-state index contributed by atoms with van der Waals surface area (Å²) in [6.45, 7) is 2.74. The molecular weight excluding hydrogens is 322 g/mol. The molecule has 1 atom stereocenters. The van der Waals surface area contributed by atoms with Gasteiger partial charge in [0.15, 0.2) is 18.5 Å². The van der Waals surface area contributed by atoms with Crippen LogP contribution in [-0.4, -0.2) is 36.4 Å². The number of nitrogens with one attached hydrogen (secondary N) is 1. The average molecular weight is 347 g/mol. The summed E-state index contributed by atoms with van der Waals surface area (Å²) in [6.07, 6.45) is 4.56. The van der Waals surface area contributed by atoms with Crippen LogP contribution in [0, 0.1) is 0 Å². The number of ether oxygens (including phenoxy) is 2. The van der Waals surface area contributed by atoms with Gasteiger partial charge in [0.2, 0.25) is 0 Å². The van der Waals surface area contributed by atoms with E-state index in [4.69, 9.17) is 9.47 Å². The highest BCUT2D eigenvalue weighted by Crippen LogP contribution is 2.17. The molecule has 1 saturated carbocycles. The lowest BCUT2D eigenvalue weighted by atomic mass is 9.95. The van der Waals surface area contributed by atoms with E-state index in [-0.39, 0.29) is 24.3 Å². The topological polar surface area (TPSA) is 81.7 Å². The maximum Gasteiger partial charge on any atom is 0.344 e. The molecule has 6 nitrogen and oxygen atoms in total. The van der Waals surface area contributed by atoms with E-state index in [1.54, 1.807) is 31.2 Å². The highest BCUT2D eigenvalue weighted by molar-refractivity contribution is 5.94. The number of esters is 1. The van der Waals surface area contributed by atoms with E-state index >= 15 is 0 Å². The number of hydrogen-bond donors (Lipinski definition) is 1. The first-order valence-corrected chi connectivity index (χ1v) is 8.69. The van der Waals surface area contributed by atoms with Gasteiger partial charge in [-0.1, -0.05) is 19.3 Å². The van der Waals surface area contributed by atoms with Gasteiger partial charge in [0, 0.05) is 11.6 Å². The van der Waals surface area contributed by atoms with E-state index < -0.39 is 12.1 Å². The molecule has 1 fully saturated rings. The third-order valence-corrected chi connectivity index (χ3v) is 4.25. The highest BCUT2D eigenvalue weighted by Gasteiger charge is 2.22. The number of Topliss-reactive ketones (excluding diaryl/α,β-unsaturated/α-hetero) is 1. The first-order chi connectivity index (χ1) is 12.0. The van der Waals surface area contributed by atoms with Gasteiger partial charge in [0.05, 0.1) is 0 Å². The van der Waals surface area contributed by atoms with E-state index in [1.807, 2.05) is 0 Å². The lowest BCUT2D eigenvalue weighted by Crippen LogP contribution is -2.43. The third-order valence-electron chi connectivity index (χ3n) is 4.25. The van der Waals surface area contributed by atoms with E-state index in [1.165, 1.54) is 13.3 Å². The zero-order valence-corrected chi connectivity index (χ0v) is 14.7. The van der Waals surface area contributed by atoms with E-state index in [0.717, 1.165) is 25.7 Å². The molecule has 0 heterocycles. The lowest BCUT2D eigenvalue weighted by Gasteiger charge is -2.24. The van der Waals surface area contributed by atoms with E-state index in [0.29, 0.717) is 11.3 Å². The van der Waals surface area contributed by atoms with Crippen molar-refractivity contribution in [1.82, 2.24) is 5.32 Å². The molecule has 0 aromatic heterocycles. The van der Waals surface area contributed by atoms with Crippen molar-refractivity contribution < 1.29 is 23.9 Å². The van der Waals surface area contributed by atoms with Crippen molar-refractivity contribution in [2.75, 3.05) is 6.61 Å². The summed E-state index contributed by atoms with van der Waals surface area (Å²) in [5.74, 6) is -0.460. The van der Waals surface area contributed by atoms with Gasteiger partial charge in [0.1, 0.15) is 5.75 Å². The van der Waals surface area contributed by atoms with Crippen molar-refractivity contribution in [2.24, 2.45) is 0 Å². The Labute approximate surface area is 147 Å². The quantitative estimate of drug-likeness (QED) is 0.606. The first kappa shape index (κ1) is 19.0. The first-order valence-electron chi connectivity index (χ1n) is 8.69. The summed E-state index contributed by atoms with van der Waals surface area (Å²) in [5.41, 5.74) is 0.572. The number of hydrogen-bond acceptors (Lipinski definition) is 5. The number of benzene rings is 1. The fraction of sp³-hybridized carbons (Fsp3) is 0.526. The molecule has 0 unspecified atom stereocenters. The minimum atomic E-state index is -0.849. The van der Waals surface area contributed by atoms with Gasteiger partial charge in [0.25, 0.3) is 5.91 Å². The summed E-state index contributed by atoms with van der Waals surface area (Å²) in [7, 11) is 0. The van der Waals surface area contributed by atoms with Crippen LogP contribution in [0.15, 0.2) is 24.3 Å². The Bertz CT molecular complexity index is 605. The average Bonchev–Trinajstić information content (AvgIpc) is 2.61. The molecule has 0 bridgehead atoms. The van der Waals surface area contributed by atoms with Crippen LogP contribution >= 0.6 is 0 Å². The molecule has 25 heavy (non-hydrogen) atoms. The lowest BCUT2D eigenvalue weighted by molar-refractivity contribution is -0.156. The SMILES string of the molecule is CC(=O)c1ccc(OCC(=O)O[C@H](C)C(=O)NC2CCCCC2)cc1.